The Morgan fingerprint density at radius 2 is 1.90 bits per heavy atom. The molecule has 0 bridgehead atoms. The van der Waals surface area contributed by atoms with E-state index in [1.165, 1.54) is 9.47 Å². The van der Waals surface area contributed by atoms with E-state index >= 15 is 0 Å². The predicted molar refractivity (Wildman–Crippen MR) is 76.9 cm³/mol. The minimum Gasteiger partial charge on any atom is -0.323 e. The van der Waals surface area contributed by atoms with Gasteiger partial charge in [0.2, 0.25) is 0 Å². The quantitative estimate of drug-likeness (QED) is 0.845. The van der Waals surface area contributed by atoms with Gasteiger partial charge in [-0.05, 0) is 31.4 Å². The van der Waals surface area contributed by atoms with E-state index in [9.17, 15) is 14.4 Å². The fraction of sp³-hybridized carbons (Fsp3) is 0.533. The Labute approximate surface area is 122 Å². The third kappa shape index (κ3) is 2.34. The Hall–Kier alpha value is -2.11. The molecule has 1 aliphatic carbocycles. The third-order valence-electron chi connectivity index (χ3n) is 4.42. The van der Waals surface area contributed by atoms with E-state index in [2.05, 4.69) is 5.32 Å². The van der Waals surface area contributed by atoms with Gasteiger partial charge in [-0.15, -0.1) is 0 Å². The van der Waals surface area contributed by atoms with E-state index in [4.69, 9.17) is 0 Å². The lowest BCUT2D eigenvalue weighted by Crippen LogP contribution is -2.44. The molecule has 0 atom stereocenters. The topological polar surface area (TPSA) is 71.4 Å². The molecule has 2 heterocycles. The van der Waals surface area contributed by atoms with Crippen molar-refractivity contribution in [2.75, 3.05) is 6.54 Å². The van der Waals surface area contributed by atoms with Crippen molar-refractivity contribution in [2.45, 2.75) is 44.7 Å². The Bertz CT molecular complexity index is 644. The van der Waals surface area contributed by atoms with Crippen molar-refractivity contribution in [3.63, 3.8) is 0 Å². The summed E-state index contributed by atoms with van der Waals surface area (Å²) < 4.78 is 1.52. The van der Waals surface area contributed by atoms with Crippen LogP contribution in [0, 0.1) is 6.92 Å². The fourth-order valence-corrected chi connectivity index (χ4v) is 3.20. The monoisotopic (exact) mass is 289 g/mol. The molecule has 112 valence electrons. The van der Waals surface area contributed by atoms with Crippen LogP contribution < -0.4 is 10.9 Å². The van der Waals surface area contributed by atoms with E-state index in [0.717, 1.165) is 31.2 Å². The molecule has 1 aromatic heterocycles. The van der Waals surface area contributed by atoms with E-state index in [-0.39, 0.29) is 24.0 Å². The molecule has 6 nitrogen and oxygen atoms in total. The molecule has 1 saturated carbocycles. The number of hydrogen-bond donors (Lipinski definition) is 1. The normalized spacial score (nSPS) is 20.3. The lowest BCUT2D eigenvalue weighted by atomic mass is 9.98. The average molecular weight is 289 g/mol. The largest absolute Gasteiger partial charge is 0.325 e. The molecule has 1 spiro atoms. The number of rotatable bonds is 3. The summed E-state index contributed by atoms with van der Waals surface area (Å²) >= 11 is 0. The van der Waals surface area contributed by atoms with E-state index in [1.807, 2.05) is 13.0 Å². The third-order valence-corrected chi connectivity index (χ3v) is 4.42. The molecule has 0 radical (unpaired) electrons. The number of hydrogen-bond acceptors (Lipinski definition) is 3. The molecular weight excluding hydrogens is 270 g/mol. The second-order valence-corrected chi connectivity index (χ2v) is 5.91. The lowest BCUT2D eigenvalue weighted by molar-refractivity contribution is -0.131. The number of amides is 3. The van der Waals surface area contributed by atoms with Crippen LogP contribution in [-0.4, -0.2) is 33.5 Å². The van der Waals surface area contributed by atoms with Gasteiger partial charge in [0.1, 0.15) is 5.54 Å². The molecule has 21 heavy (non-hydrogen) atoms. The molecular formula is C15H19N3O3. The Kier molecular flexibility index (Phi) is 3.31. The van der Waals surface area contributed by atoms with Crippen molar-refractivity contribution in [2.24, 2.45) is 0 Å². The SMILES string of the molecule is Cc1ccn(CCN2C(=O)NC3(CCCC3)C2=O)c(=O)c1. The van der Waals surface area contributed by atoms with Crippen LogP contribution in [0.5, 0.6) is 0 Å². The van der Waals surface area contributed by atoms with Crippen LogP contribution >= 0.6 is 0 Å². The van der Waals surface area contributed by atoms with Crippen LogP contribution in [0.1, 0.15) is 31.2 Å². The summed E-state index contributed by atoms with van der Waals surface area (Å²) in [7, 11) is 0. The number of nitrogens with zero attached hydrogens (tertiary/aromatic N) is 2. The molecule has 0 unspecified atom stereocenters. The number of aryl methyl sites for hydroxylation is 1. The number of imide groups is 1. The highest BCUT2D eigenvalue weighted by atomic mass is 16.2. The number of urea groups is 1. The van der Waals surface area contributed by atoms with Crippen LogP contribution in [0.2, 0.25) is 0 Å². The summed E-state index contributed by atoms with van der Waals surface area (Å²) in [6.45, 7) is 2.41. The highest BCUT2D eigenvalue weighted by molar-refractivity contribution is 6.07. The van der Waals surface area contributed by atoms with Gasteiger partial charge in [-0.3, -0.25) is 14.5 Å². The van der Waals surface area contributed by atoms with E-state index < -0.39 is 5.54 Å². The van der Waals surface area contributed by atoms with Crippen LogP contribution in [0.4, 0.5) is 4.79 Å². The molecule has 6 heteroatoms. The van der Waals surface area contributed by atoms with Gasteiger partial charge in [0.25, 0.3) is 11.5 Å². The molecule has 3 rings (SSSR count). The fourth-order valence-electron chi connectivity index (χ4n) is 3.20. The number of aromatic nitrogens is 1. The smallest absolute Gasteiger partial charge is 0.323 e. The zero-order valence-electron chi connectivity index (χ0n) is 12.1. The zero-order chi connectivity index (χ0) is 15.0. The zero-order valence-corrected chi connectivity index (χ0v) is 12.1. The number of carbonyl (C=O) groups excluding carboxylic acids is 2. The molecule has 2 fully saturated rings. The maximum atomic E-state index is 12.5. The molecule has 3 amide bonds. The van der Waals surface area contributed by atoms with Crippen LogP contribution in [0.3, 0.4) is 0 Å². The molecule has 2 aliphatic rings. The van der Waals surface area contributed by atoms with Gasteiger partial charge in [0.05, 0.1) is 0 Å². The lowest BCUT2D eigenvalue weighted by Gasteiger charge is -2.20. The molecule has 1 aromatic rings. The maximum absolute atomic E-state index is 12.5. The van der Waals surface area contributed by atoms with Gasteiger partial charge in [-0.1, -0.05) is 12.8 Å². The van der Waals surface area contributed by atoms with E-state index in [1.54, 1.807) is 12.3 Å². The molecule has 0 aromatic carbocycles. The van der Waals surface area contributed by atoms with Crippen LogP contribution in [0.15, 0.2) is 23.1 Å². The molecule has 1 N–H and O–H groups in total. The van der Waals surface area contributed by atoms with E-state index in [0.29, 0.717) is 6.54 Å². The number of nitrogens with one attached hydrogen (secondary N) is 1. The Morgan fingerprint density at radius 1 is 1.19 bits per heavy atom. The molecule has 1 aliphatic heterocycles. The second-order valence-electron chi connectivity index (χ2n) is 5.91. The summed E-state index contributed by atoms with van der Waals surface area (Å²) in [5.74, 6) is -0.134. The summed E-state index contributed by atoms with van der Waals surface area (Å²) in [4.78, 5) is 37.5. The Morgan fingerprint density at radius 3 is 2.57 bits per heavy atom. The van der Waals surface area contributed by atoms with Gasteiger partial charge < -0.3 is 9.88 Å². The first-order chi connectivity index (χ1) is 10.0. The summed E-state index contributed by atoms with van der Waals surface area (Å²) in [6.07, 6.45) is 5.08. The second kappa shape index (κ2) is 5.02. The first-order valence-electron chi connectivity index (χ1n) is 7.33. The maximum Gasteiger partial charge on any atom is 0.325 e. The van der Waals surface area contributed by atoms with Crippen molar-refractivity contribution in [3.8, 4) is 0 Å². The van der Waals surface area contributed by atoms with Crippen molar-refractivity contribution >= 4 is 11.9 Å². The summed E-state index contributed by atoms with van der Waals surface area (Å²) in [5, 5.41) is 2.84. The van der Waals surface area contributed by atoms with Gasteiger partial charge in [-0.2, -0.15) is 0 Å². The predicted octanol–water partition coefficient (Wildman–Crippen LogP) is 1.02. The number of carbonyl (C=O) groups is 2. The van der Waals surface area contributed by atoms with Crippen molar-refractivity contribution in [3.05, 3.63) is 34.2 Å². The average Bonchev–Trinajstić information content (AvgIpc) is 2.98. The minimum atomic E-state index is -0.671. The van der Waals surface area contributed by atoms with Gasteiger partial charge >= 0.3 is 6.03 Å². The van der Waals surface area contributed by atoms with Crippen LogP contribution in [-0.2, 0) is 11.3 Å². The van der Waals surface area contributed by atoms with Crippen molar-refractivity contribution in [1.82, 2.24) is 14.8 Å². The minimum absolute atomic E-state index is 0.113. The summed E-state index contributed by atoms with van der Waals surface area (Å²) in [5.41, 5.74) is 0.115. The van der Waals surface area contributed by atoms with Gasteiger partial charge in [0.15, 0.2) is 0 Å². The molecule has 1 saturated heterocycles. The highest BCUT2D eigenvalue weighted by Crippen LogP contribution is 2.34. The highest BCUT2D eigenvalue weighted by Gasteiger charge is 2.52. The standard InChI is InChI=1S/C15H19N3O3/c1-11-4-7-17(12(19)10-11)8-9-18-13(20)15(16-14(18)21)5-2-3-6-15/h4,7,10H,2-3,5-6,8-9H2,1H3,(H,16,21). The van der Waals surface area contributed by atoms with Crippen molar-refractivity contribution in [1.29, 1.82) is 0 Å². The Balaban J connectivity index is 1.72. The van der Waals surface area contributed by atoms with Crippen molar-refractivity contribution < 1.29 is 9.59 Å². The van der Waals surface area contributed by atoms with Gasteiger partial charge in [0, 0.05) is 25.4 Å². The van der Waals surface area contributed by atoms with Gasteiger partial charge in [-0.25, -0.2) is 4.79 Å². The number of pyridine rings is 1. The first-order valence-corrected chi connectivity index (χ1v) is 7.33. The first kappa shape index (κ1) is 13.9. The summed E-state index contributed by atoms with van der Waals surface area (Å²) in [6, 6.07) is 3.05. The van der Waals surface area contributed by atoms with Crippen LogP contribution in [0.25, 0.3) is 0 Å².